The fourth-order valence-corrected chi connectivity index (χ4v) is 5.13. The minimum absolute atomic E-state index is 0.0804. The van der Waals surface area contributed by atoms with Crippen molar-refractivity contribution in [3.05, 3.63) is 0 Å². The van der Waals surface area contributed by atoms with Gasteiger partial charge in [0.25, 0.3) is 0 Å². The van der Waals surface area contributed by atoms with Gasteiger partial charge >= 0.3 is 0 Å². The normalized spacial score (nSPS) is 46.6. The Morgan fingerprint density at radius 1 is 1.00 bits per heavy atom. The second kappa shape index (κ2) is 5.04. The molecular formula is C17H31NO. The average Bonchev–Trinajstić information content (AvgIpc) is 2.82. The van der Waals surface area contributed by atoms with Crippen molar-refractivity contribution in [3.8, 4) is 0 Å². The van der Waals surface area contributed by atoms with E-state index in [0.29, 0.717) is 11.8 Å². The van der Waals surface area contributed by atoms with Crippen molar-refractivity contribution in [2.45, 2.75) is 82.8 Å². The molecule has 0 aromatic rings. The van der Waals surface area contributed by atoms with Gasteiger partial charge in [0.1, 0.15) is 0 Å². The Labute approximate surface area is 118 Å². The maximum Gasteiger partial charge on any atom is 0.0685 e. The van der Waals surface area contributed by atoms with Gasteiger partial charge in [0.2, 0.25) is 0 Å². The molecule has 0 amide bonds. The predicted octanol–water partition coefficient (Wildman–Crippen LogP) is 3.88. The quantitative estimate of drug-likeness (QED) is 0.781. The molecular weight excluding hydrogens is 234 g/mol. The fourth-order valence-electron chi connectivity index (χ4n) is 5.13. The third-order valence-corrected chi connectivity index (χ3v) is 6.48. The lowest BCUT2D eigenvalue weighted by Gasteiger charge is -2.52. The van der Waals surface area contributed by atoms with Crippen LogP contribution in [-0.4, -0.2) is 17.7 Å². The van der Waals surface area contributed by atoms with Crippen molar-refractivity contribution in [2.75, 3.05) is 6.61 Å². The van der Waals surface area contributed by atoms with Gasteiger partial charge in [-0.15, -0.1) is 0 Å². The van der Waals surface area contributed by atoms with E-state index in [9.17, 15) is 0 Å². The summed E-state index contributed by atoms with van der Waals surface area (Å²) in [6.45, 7) is 5.73. The summed E-state index contributed by atoms with van der Waals surface area (Å²) >= 11 is 0. The zero-order valence-corrected chi connectivity index (χ0v) is 12.8. The van der Waals surface area contributed by atoms with Crippen LogP contribution in [0, 0.1) is 17.8 Å². The third kappa shape index (κ3) is 2.47. The van der Waals surface area contributed by atoms with Crippen LogP contribution in [0.25, 0.3) is 0 Å². The number of rotatable bonds is 1. The molecule has 1 saturated heterocycles. The molecule has 0 aromatic carbocycles. The molecule has 0 bridgehead atoms. The van der Waals surface area contributed by atoms with Crippen molar-refractivity contribution < 1.29 is 4.74 Å². The molecule has 2 aliphatic carbocycles. The van der Waals surface area contributed by atoms with E-state index in [0.717, 1.165) is 12.5 Å². The van der Waals surface area contributed by atoms with Crippen LogP contribution in [0.15, 0.2) is 0 Å². The van der Waals surface area contributed by atoms with Gasteiger partial charge in [-0.3, -0.25) is 0 Å². The molecule has 4 atom stereocenters. The molecule has 1 heterocycles. The molecule has 2 N–H and O–H groups in total. The van der Waals surface area contributed by atoms with E-state index in [4.69, 9.17) is 10.5 Å². The van der Waals surface area contributed by atoms with E-state index in [1.807, 2.05) is 0 Å². The molecule has 0 aromatic heterocycles. The number of hydrogen-bond donors (Lipinski definition) is 1. The molecule has 3 fully saturated rings. The first kappa shape index (κ1) is 13.9. The summed E-state index contributed by atoms with van der Waals surface area (Å²) in [6, 6.07) is 0. The van der Waals surface area contributed by atoms with Crippen LogP contribution in [0.2, 0.25) is 0 Å². The van der Waals surface area contributed by atoms with E-state index in [1.165, 1.54) is 57.8 Å². The Morgan fingerprint density at radius 2 is 1.74 bits per heavy atom. The molecule has 2 heteroatoms. The van der Waals surface area contributed by atoms with Gasteiger partial charge in [-0.05, 0) is 56.3 Å². The van der Waals surface area contributed by atoms with E-state index in [-0.39, 0.29) is 11.1 Å². The highest BCUT2D eigenvalue weighted by Gasteiger charge is 2.49. The summed E-state index contributed by atoms with van der Waals surface area (Å²) in [7, 11) is 0. The second-order valence-corrected chi connectivity index (χ2v) is 7.83. The van der Waals surface area contributed by atoms with Crippen LogP contribution in [-0.2, 0) is 4.74 Å². The molecule has 1 aliphatic heterocycles. The number of nitrogens with two attached hydrogens (primary N) is 1. The topological polar surface area (TPSA) is 35.2 Å². The Balaban J connectivity index is 1.76. The first-order valence-corrected chi connectivity index (χ1v) is 8.47. The lowest BCUT2D eigenvalue weighted by molar-refractivity contribution is -0.114. The van der Waals surface area contributed by atoms with Crippen molar-refractivity contribution in [3.63, 3.8) is 0 Å². The van der Waals surface area contributed by atoms with Gasteiger partial charge in [0.05, 0.1) is 5.60 Å². The fraction of sp³-hybridized carbons (Fsp3) is 1.00. The molecule has 3 rings (SSSR count). The molecule has 19 heavy (non-hydrogen) atoms. The van der Waals surface area contributed by atoms with Crippen molar-refractivity contribution in [2.24, 2.45) is 23.5 Å². The Bertz CT molecular complexity index is 323. The summed E-state index contributed by atoms with van der Waals surface area (Å²) in [5.74, 6) is 2.19. The summed E-state index contributed by atoms with van der Waals surface area (Å²) in [5.41, 5.74) is 7.26. The van der Waals surface area contributed by atoms with Crippen LogP contribution in [0.4, 0.5) is 0 Å². The lowest BCUT2D eigenvalue weighted by atomic mass is 9.60. The summed E-state index contributed by atoms with van der Waals surface area (Å²) in [6.07, 6.45) is 11.6. The summed E-state index contributed by atoms with van der Waals surface area (Å²) < 4.78 is 6.20. The predicted molar refractivity (Wildman–Crippen MR) is 79.0 cm³/mol. The first-order chi connectivity index (χ1) is 9.04. The number of ether oxygens (including phenoxy) is 1. The first-order valence-electron chi connectivity index (χ1n) is 8.47. The second-order valence-electron chi connectivity index (χ2n) is 7.83. The maximum atomic E-state index is 6.96. The summed E-state index contributed by atoms with van der Waals surface area (Å²) in [5, 5.41) is 0. The van der Waals surface area contributed by atoms with E-state index in [2.05, 4.69) is 13.8 Å². The molecule has 110 valence electrons. The highest BCUT2D eigenvalue weighted by molar-refractivity contribution is 5.04. The van der Waals surface area contributed by atoms with Crippen molar-refractivity contribution in [1.82, 2.24) is 0 Å². The zero-order valence-electron chi connectivity index (χ0n) is 12.8. The standard InChI is InChI=1S/C17H31NO/c1-13-5-6-14(2)17(18,11-13)15-7-10-19-16(12-15)8-3-4-9-16/h13-15H,3-12,18H2,1-2H3. The summed E-state index contributed by atoms with van der Waals surface area (Å²) in [4.78, 5) is 0. The minimum atomic E-state index is 0.0804. The van der Waals surface area contributed by atoms with Crippen molar-refractivity contribution >= 4 is 0 Å². The van der Waals surface area contributed by atoms with Gasteiger partial charge in [0, 0.05) is 12.1 Å². The Kier molecular flexibility index (Phi) is 3.68. The van der Waals surface area contributed by atoms with Crippen molar-refractivity contribution in [1.29, 1.82) is 0 Å². The largest absolute Gasteiger partial charge is 0.375 e. The molecule has 2 saturated carbocycles. The van der Waals surface area contributed by atoms with Crippen LogP contribution in [0.5, 0.6) is 0 Å². The molecule has 1 spiro atoms. The number of hydrogen-bond acceptors (Lipinski definition) is 2. The lowest BCUT2D eigenvalue weighted by Crippen LogP contribution is -2.59. The van der Waals surface area contributed by atoms with Crippen LogP contribution < -0.4 is 5.73 Å². The minimum Gasteiger partial charge on any atom is -0.375 e. The molecule has 4 unspecified atom stereocenters. The van der Waals surface area contributed by atoms with Crippen LogP contribution in [0.3, 0.4) is 0 Å². The van der Waals surface area contributed by atoms with E-state index < -0.39 is 0 Å². The van der Waals surface area contributed by atoms with Gasteiger partial charge < -0.3 is 10.5 Å². The molecule has 3 aliphatic rings. The third-order valence-electron chi connectivity index (χ3n) is 6.48. The SMILES string of the molecule is CC1CCC(C)C(N)(C2CCOC3(CCCC3)C2)C1. The van der Waals surface area contributed by atoms with Gasteiger partial charge in [-0.2, -0.15) is 0 Å². The maximum absolute atomic E-state index is 6.96. The van der Waals surface area contributed by atoms with Crippen LogP contribution >= 0.6 is 0 Å². The smallest absolute Gasteiger partial charge is 0.0685 e. The highest BCUT2D eigenvalue weighted by Crippen LogP contribution is 2.49. The Hall–Kier alpha value is -0.0800. The zero-order chi connectivity index (χ0) is 13.5. The molecule has 2 nitrogen and oxygen atoms in total. The van der Waals surface area contributed by atoms with E-state index >= 15 is 0 Å². The van der Waals surface area contributed by atoms with Gasteiger partial charge in [-0.1, -0.05) is 33.1 Å². The van der Waals surface area contributed by atoms with Crippen LogP contribution in [0.1, 0.15) is 71.6 Å². The Morgan fingerprint density at radius 3 is 2.47 bits per heavy atom. The molecule has 0 radical (unpaired) electrons. The van der Waals surface area contributed by atoms with Gasteiger partial charge in [-0.25, -0.2) is 0 Å². The van der Waals surface area contributed by atoms with E-state index in [1.54, 1.807) is 0 Å². The van der Waals surface area contributed by atoms with Gasteiger partial charge in [0.15, 0.2) is 0 Å². The average molecular weight is 265 g/mol. The highest BCUT2D eigenvalue weighted by atomic mass is 16.5. The monoisotopic (exact) mass is 265 g/mol.